The first-order valence-electron chi connectivity index (χ1n) is 5.39. The summed E-state index contributed by atoms with van der Waals surface area (Å²) in [6.07, 6.45) is 0. The van der Waals surface area contributed by atoms with E-state index in [0.717, 1.165) is 12.2 Å². The van der Waals surface area contributed by atoms with Gasteiger partial charge in [-0.25, -0.2) is 4.39 Å². The molecule has 0 radical (unpaired) electrons. The molecule has 0 saturated heterocycles. The Morgan fingerprint density at radius 3 is 2.87 bits per heavy atom. The summed E-state index contributed by atoms with van der Waals surface area (Å²) < 4.78 is 13.2. The second kappa shape index (κ2) is 3.81. The molecular weight excluding hydrogens is 191 g/mol. The topological polar surface area (TPSA) is 29.3 Å². The Labute approximate surface area is 89.9 Å². The summed E-state index contributed by atoms with van der Waals surface area (Å²) in [6, 6.07) is 5.39. The summed E-state index contributed by atoms with van der Waals surface area (Å²) in [5.41, 5.74) is 7.93. The minimum absolute atomic E-state index is 0.169. The first-order valence-corrected chi connectivity index (χ1v) is 5.39. The molecule has 0 amide bonds. The molecule has 15 heavy (non-hydrogen) atoms. The van der Waals surface area contributed by atoms with Crippen LogP contribution in [0, 0.1) is 5.82 Å². The van der Waals surface area contributed by atoms with E-state index in [-0.39, 0.29) is 5.82 Å². The van der Waals surface area contributed by atoms with Gasteiger partial charge in [-0.2, -0.15) is 0 Å². The Morgan fingerprint density at radius 1 is 1.53 bits per heavy atom. The highest BCUT2D eigenvalue weighted by atomic mass is 19.1. The van der Waals surface area contributed by atoms with Crippen molar-refractivity contribution in [3.05, 3.63) is 29.6 Å². The number of halogens is 1. The fourth-order valence-electron chi connectivity index (χ4n) is 2.24. The third-order valence-electron chi connectivity index (χ3n) is 3.07. The smallest absolute Gasteiger partial charge is 0.125 e. The second-order valence-electron chi connectivity index (χ2n) is 4.38. The zero-order chi connectivity index (χ0) is 11.0. The van der Waals surface area contributed by atoms with Gasteiger partial charge in [-0.3, -0.25) is 0 Å². The molecule has 82 valence electrons. The summed E-state index contributed by atoms with van der Waals surface area (Å²) >= 11 is 0. The van der Waals surface area contributed by atoms with Gasteiger partial charge in [0.15, 0.2) is 0 Å². The van der Waals surface area contributed by atoms with Crippen LogP contribution >= 0.6 is 0 Å². The molecule has 1 aromatic carbocycles. The lowest BCUT2D eigenvalue weighted by molar-refractivity contribution is 0.625. The van der Waals surface area contributed by atoms with E-state index < -0.39 is 0 Å². The van der Waals surface area contributed by atoms with Crippen LogP contribution in [-0.2, 0) is 0 Å². The van der Waals surface area contributed by atoms with Crippen molar-refractivity contribution in [3.63, 3.8) is 0 Å². The van der Waals surface area contributed by atoms with Crippen LogP contribution in [-0.4, -0.2) is 19.1 Å². The van der Waals surface area contributed by atoms with Crippen molar-refractivity contribution >= 4 is 5.69 Å². The monoisotopic (exact) mass is 208 g/mol. The van der Waals surface area contributed by atoms with E-state index in [1.165, 1.54) is 11.6 Å². The van der Waals surface area contributed by atoms with E-state index in [0.29, 0.717) is 18.5 Å². The van der Waals surface area contributed by atoms with Crippen LogP contribution in [0.4, 0.5) is 10.1 Å². The van der Waals surface area contributed by atoms with Crippen LogP contribution in [0.15, 0.2) is 18.2 Å². The standard InChI is InChI=1S/C12H17FN2/c1-8(2)15-7-9(6-14)11-4-3-10(13)5-12(11)15/h3-5,8-9H,6-7,14H2,1-2H3. The van der Waals surface area contributed by atoms with E-state index in [4.69, 9.17) is 5.73 Å². The fourth-order valence-corrected chi connectivity index (χ4v) is 2.24. The average molecular weight is 208 g/mol. The Morgan fingerprint density at radius 2 is 2.27 bits per heavy atom. The number of fused-ring (bicyclic) bond motifs is 1. The first-order chi connectivity index (χ1) is 7.13. The van der Waals surface area contributed by atoms with Gasteiger partial charge in [0, 0.05) is 30.7 Å². The van der Waals surface area contributed by atoms with Gasteiger partial charge < -0.3 is 10.6 Å². The molecule has 2 N–H and O–H groups in total. The number of benzene rings is 1. The van der Waals surface area contributed by atoms with Crippen molar-refractivity contribution in [2.45, 2.75) is 25.8 Å². The largest absolute Gasteiger partial charge is 0.368 e. The molecule has 1 aromatic rings. The van der Waals surface area contributed by atoms with Crippen molar-refractivity contribution in [2.75, 3.05) is 18.0 Å². The normalized spacial score (nSPS) is 19.8. The summed E-state index contributed by atoms with van der Waals surface area (Å²) in [6.45, 7) is 5.77. The molecule has 0 fully saturated rings. The zero-order valence-corrected chi connectivity index (χ0v) is 9.20. The van der Waals surface area contributed by atoms with Crippen LogP contribution in [0.2, 0.25) is 0 Å². The van der Waals surface area contributed by atoms with Crippen LogP contribution in [0.25, 0.3) is 0 Å². The van der Waals surface area contributed by atoms with Gasteiger partial charge in [0.1, 0.15) is 5.82 Å². The molecule has 0 bridgehead atoms. The van der Waals surface area contributed by atoms with Gasteiger partial charge in [0.25, 0.3) is 0 Å². The molecule has 1 atom stereocenters. The number of rotatable bonds is 2. The van der Waals surface area contributed by atoms with Crippen LogP contribution < -0.4 is 10.6 Å². The number of hydrogen-bond acceptors (Lipinski definition) is 2. The highest BCUT2D eigenvalue weighted by molar-refractivity contribution is 5.61. The van der Waals surface area contributed by atoms with Crippen molar-refractivity contribution in [3.8, 4) is 0 Å². The predicted molar refractivity (Wildman–Crippen MR) is 60.7 cm³/mol. The van der Waals surface area contributed by atoms with E-state index in [2.05, 4.69) is 18.7 Å². The van der Waals surface area contributed by atoms with Gasteiger partial charge in [0.05, 0.1) is 0 Å². The zero-order valence-electron chi connectivity index (χ0n) is 9.20. The third kappa shape index (κ3) is 1.72. The Hall–Kier alpha value is -1.09. The van der Waals surface area contributed by atoms with Gasteiger partial charge in [-0.05, 0) is 31.5 Å². The Bertz CT molecular complexity index is 363. The fraction of sp³-hybridized carbons (Fsp3) is 0.500. The number of hydrogen-bond donors (Lipinski definition) is 1. The predicted octanol–water partition coefficient (Wildman–Crippen LogP) is 2.10. The first kappa shape index (κ1) is 10.4. The number of nitrogens with zero attached hydrogens (tertiary/aromatic N) is 1. The maximum absolute atomic E-state index is 13.2. The summed E-state index contributed by atoms with van der Waals surface area (Å²) in [5.74, 6) is 0.181. The molecular formula is C12H17FN2. The van der Waals surface area contributed by atoms with Crippen molar-refractivity contribution in [1.29, 1.82) is 0 Å². The SMILES string of the molecule is CC(C)N1CC(CN)c2ccc(F)cc21. The minimum Gasteiger partial charge on any atom is -0.368 e. The lowest BCUT2D eigenvalue weighted by Crippen LogP contribution is -2.30. The van der Waals surface area contributed by atoms with Gasteiger partial charge in [-0.1, -0.05) is 6.07 Å². The molecule has 2 rings (SSSR count). The molecule has 1 aliphatic heterocycles. The van der Waals surface area contributed by atoms with E-state index in [1.54, 1.807) is 6.07 Å². The maximum Gasteiger partial charge on any atom is 0.125 e. The van der Waals surface area contributed by atoms with Gasteiger partial charge >= 0.3 is 0 Å². The molecule has 1 aliphatic rings. The van der Waals surface area contributed by atoms with E-state index in [9.17, 15) is 4.39 Å². The molecule has 0 aromatic heterocycles. The van der Waals surface area contributed by atoms with Crippen molar-refractivity contribution in [1.82, 2.24) is 0 Å². The Kier molecular flexibility index (Phi) is 2.65. The summed E-state index contributed by atoms with van der Waals surface area (Å²) in [5, 5.41) is 0. The number of nitrogens with two attached hydrogens (primary N) is 1. The van der Waals surface area contributed by atoms with Crippen molar-refractivity contribution < 1.29 is 4.39 Å². The van der Waals surface area contributed by atoms with E-state index in [1.807, 2.05) is 6.07 Å². The van der Waals surface area contributed by atoms with Crippen LogP contribution in [0.5, 0.6) is 0 Å². The molecule has 0 saturated carbocycles. The van der Waals surface area contributed by atoms with Crippen molar-refractivity contribution in [2.24, 2.45) is 5.73 Å². The van der Waals surface area contributed by atoms with Crippen LogP contribution in [0.1, 0.15) is 25.3 Å². The Balaban J connectivity index is 2.43. The molecule has 2 nitrogen and oxygen atoms in total. The average Bonchev–Trinajstić information content (AvgIpc) is 2.55. The summed E-state index contributed by atoms with van der Waals surface area (Å²) in [7, 11) is 0. The lowest BCUT2D eigenvalue weighted by atomic mass is 10.0. The maximum atomic E-state index is 13.2. The molecule has 0 aliphatic carbocycles. The van der Waals surface area contributed by atoms with Crippen LogP contribution in [0.3, 0.4) is 0 Å². The molecule has 3 heteroatoms. The highest BCUT2D eigenvalue weighted by Gasteiger charge is 2.29. The lowest BCUT2D eigenvalue weighted by Gasteiger charge is -2.24. The molecule has 1 heterocycles. The highest BCUT2D eigenvalue weighted by Crippen LogP contribution is 2.37. The molecule has 1 unspecified atom stereocenters. The third-order valence-corrected chi connectivity index (χ3v) is 3.07. The summed E-state index contributed by atoms with van der Waals surface area (Å²) in [4.78, 5) is 2.22. The molecule has 0 spiro atoms. The van der Waals surface area contributed by atoms with Gasteiger partial charge in [0.2, 0.25) is 0 Å². The number of anilines is 1. The quantitative estimate of drug-likeness (QED) is 0.806. The van der Waals surface area contributed by atoms with Gasteiger partial charge in [-0.15, -0.1) is 0 Å². The second-order valence-corrected chi connectivity index (χ2v) is 4.38. The van der Waals surface area contributed by atoms with E-state index >= 15 is 0 Å². The minimum atomic E-state index is -0.169.